The first-order valence-corrected chi connectivity index (χ1v) is 35.8. The number of likely N-dealkylation sites (N-methyl/N-ethyl adjacent to an activating group) is 1. The second-order valence-electron chi connectivity index (χ2n) is 24.9. The minimum absolute atomic E-state index is 0.00729. The van der Waals surface area contributed by atoms with E-state index >= 15 is 0 Å². The number of carbonyl (C=O) groups excluding carboxylic acids is 1. The standard InChI is InChI=1S/C69H135N2O6P/c1-6-8-10-12-14-16-18-20-22-24-26-27-28-29-30-31-32-33-34-35-36-37-38-39-40-41-42-43-44-45-47-49-51-53-55-57-59-61-63-69(73)70-67(66-77-78(74,75)76-65-64-71(3,4)5)68(72)62-60-58-56-54-52-50-48-46-25-23-21-19-17-15-13-11-9-7-2/h25,46,52,54,60,62,67-68,72H,6-24,26-45,47-51,53,55-59,61,63-66H2,1-5H3,(H-,70,73,74,75)/b46-25+,54-52+,62-60+. The quantitative estimate of drug-likeness (QED) is 0.0272. The van der Waals surface area contributed by atoms with Gasteiger partial charge in [-0.15, -0.1) is 0 Å². The van der Waals surface area contributed by atoms with E-state index in [2.05, 4.69) is 43.5 Å². The Morgan fingerprint density at radius 2 is 0.718 bits per heavy atom. The summed E-state index contributed by atoms with van der Waals surface area (Å²) in [6.07, 6.45) is 80.0. The number of nitrogens with zero attached hydrogens (tertiary/aromatic N) is 1. The number of allylic oxidation sites excluding steroid dienone is 5. The Labute approximate surface area is 487 Å². The number of nitrogens with one attached hydrogen (secondary N) is 1. The van der Waals surface area contributed by atoms with Gasteiger partial charge in [0, 0.05) is 6.42 Å². The molecule has 0 aromatic carbocycles. The van der Waals surface area contributed by atoms with Crippen molar-refractivity contribution in [1.29, 1.82) is 0 Å². The molecule has 78 heavy (non-hydrogen) atoms. The number of unbranched alkanes of at least 4 members (excludes halogenated alkanes) is 47. The summed E-state index contributed by atoms with van der Waals surface area (Å²) in [6.45, 7) is 4.66. The summed E-state index contributed by atoms with van der Waals surface area (Å²) in [5.74, 6) is -0.205. The number of carbonyl (C=O) groups is 1. The van der Waals surface area contributed by atoms with Crippen LogP contribution in [0.4, 0.5) is 0 Å². The maximum atomic E-state index is 13.0. The van der Waals surface area contributed by atoms with Gasteiger partial charge in [-0.3, -0.25) is 9.36 Å². The highest BCUT2D eigenvalue weighted by atomic mass is 31.2. The van der Waals surface area contributed by atoms with Crippen molar-refractivity contribution < 1.29 is 32.9 Å². The Bertz CT molecular complexity index is 1360. The van der Waals surface area contributed by atoms with Crippen LogP contribution in [0.25, 0.3) is 0 Å². The molecule has 0 saturated carbocycles. The van der Waals surface area contributed by atoms with Crippen LogP contribution in [-0.4, -0.2) is 68.5 Å². The Morgan fingerprint density at radius 1 is 0.436 bits per heavy atom. The van der Waals surface area contributed by atoms with Crippen molar-refractivity contribution in [2.45, 2.75) is 360 Å². The largest absolute Gasteiger partial charge is 0.756 e. The zero-order valence-corrected chi connectivity index (χ0v) is 53.8. The SMILES string of the molecule is CCCCCCCCCC/C=C/CC/C=C/CC/C=C/C(O)C(COP(=O)([O-])OCC[N+](C)(C)C)NC(=O)CCCCCCCCCCCCCCCCCCCCCCCCCCCCCCCCCCCCCCCC. The lowest BCUT2D eigenvalue weighted by atomic mass is 10.0. The normalized spacial score (nSPS) is 13.9. The number of quaternary nitrogens is 1. The first-order valence-electron chi connectivity index (χ1n) is 34.4. The van der Waals surface area contributed by atoms with Gasteiger partial charge in [-0.2, -0.15) is 0 Å². The van der Waals surface area contributed by atoms with E-state index in [0.717, 1.165) is 44.9 Å². The Morgan fingerprint density at radius 3 is 1.04 bits per heavy atom. The highest BCUT2D eigenvalue weighted by Crippen LogP contribution is 2.38. The van der Waals surface area contributed by atoms with Crippen LogP contribution >= 0.6 is 7.82 Å². The number of rotatable bonds is 64. The molecule has 2 N–H and O–H groups in total. The first kappa shape index (κ1) is 76.7. The van der Waals surface area contributed by atoms with Crippen LogP contribution in [0.3, 0.4) is 0 Å². The Hall–Kier alpha value is -1.28. The van der Waals surface area contributed by atoms with E-state index < -0.39 is 26.6 Å². The molecule has 0 fully saturated rings. The predicted octanol–water partition coefficient (Wildman–Crippen LogP) is 21.0. The third-order valence-electron chi connectivity index (χ3n) is 15.8. The Balaban J connectivity index is 3.94. The molecule has 0 spiro atoms. The van der Waals surface area contributed by atoms with Crippen LogP contribution in [-0.2, 0) is 18.4 Å². The highest BCUT2D eigenvalue weighted by Gasteiger charge is 2.23. The second kappa shape index (κ2) is 60.3. The third-order valence-corrected chi connectivity index (χ3v) is 16.8. The van der Waals surface area contributed by atoms with E-state index in [-0.39, 0.29) is 12.5 Å². The molecule has 0 aliphatic carbocycles. The van der Waals surface area contributed by atoms with E-state index in [1.165, 1.54) is 283 Å². The molecule has 462 valence electrons. The maximum Gasteiger partial charge on any atom is 0.268 e. The summed E-state index contributed by atoms with van der Waals surface area (Å²) < 4.78 is 23.4. The fourth-order valence-corrected chi connectivity index (χ4v) is 11.2. The van der Waals surface area contributed by atoms with Gasteiger partial charge in [-0.1, -0.05) is 333 Å². The van der Waals surface area contributed by atoms with Crippen molar-refractivity contribution in [3.63, 3.8) is 0 Å². The van der Waals surface area contributed by atoms with Crippen molar-refractivity contribution >= 4 is 13.7 Å². The molecule has 0 radical (unpaired) electrons. The lowest BCUT2D eigenvalue weighted by Gasteiger charge is -2.29. The molecule has 0 aromatic heterocycles. The van der Waals surface area contributed by atoms with E-state index in [1.807, 2.05) is 27.2 Å². The summed E-state index contributed by atoms with van der Waals surface area (Å²) >= 11 is 0. The van der Waals surface area contributed by atoms with Gasteiger partial charge in [0.15, 0.2) is 0 Å². The number of phosphoric acid groups is 1. The molecule has 0 bridgehead atoms. The van der Waals surface area contributed by atoms with Crippen LogP contribution in [0.15, 0.2) is 36.5 Å². The molecule has 0 aromatic rings. The summed E-state index contributed by atoms with van der Waals surface area (Å²) in [5.41, 5.74) is 0. The van der Waals surface area contributed by atoms with Crippen molar-refractivity contribution in [3.05, 3.63) is 36.5 Å². The summed E-state index contributed by atoms with van der Waals surface area (Å²) in [4.78, 5) is 25.6. The van der Waals surface area contributed by atoms with Crippen molar-refractivity contribution in [2.75, 3.05) is 40.9 Å². The number of hydrogen-bond acceptors (Lipinski definition) is 6. The van der Waals surface area contributed by atoms with Crippen LogP contribution < -0.4 is 10.2 Å². The third kappa shape index (κ3) is 62.3. The average Bonchev–Trinajstić information content (AvgIpc) is 3.41. The Kier molecular flexibility index (Phi) is 59.3. The van der Waals surface area contributed by atoms with Crippen LogP contribution in [0, 0.1) is 0 Å². The molecular formula is C69H135N2O6P. The fourth-order valence-electron chi connectivity index (χ4n) is 10.5. The van der Waals surface area contributed by atoms with Crippen LogP contribution in [0.2, 0.25) is 0 Å². The van der Waals surface area contributed by atoms with Gasteiger partial charge in [0.05, 0.1) is 39.9 Å². The zero-order chi connectivity index (χ0) is 57.0. The summed E-state index contributed by atoms with van der Waals surface area (Å²) in [7, 11) is 1.25. The molecule has 0 heterocycles. The molecule has 3 atom stereocenters. The number of amides is 1. The van der Waals surface area contributed by atoms with Gasteiger partial charge < -0.3 is 28.8 Å². The lowest BCUT2D eigenvalue weighted by Crippen LogP contribution is -2.45. The first-order chi connectivity index (χ1) is 38.0. The zero-order valence-electron chi connectivity index (χ0n) is 52.9. The highest BCUT2D eigenvalue weighted by molar-refractivity contribution is 7.45. The number of aliphatic hydroxyl groups is 1. The fraction of sp³-hybridized carbons (Fsp3) is 0.899. The van der Waals surface area contributed by atoms with Gasteiger partial charge >= 0.3 is 0 Å². The summed E-state index contributed by atoms with van der Waals surface area (Å²) in [6, 6.07) is -0.908. The van der Waals surface area contributed by atoms with Crippen LogP contribution in [0.1, 0.15) is 348 Å². The lowest BCUT2D eigenvalue weighted by molar-refractivity contribution is -0.870. The average molecular weight is 1120 g/mol. The maximum absolute atomic E-state index is 13.0. The molecule has 0 aliphatic rings. The number of phosphoric ester groups is 1. The van der Waals surface area contributed by atoms with Gasteiger partial charge in [-0.05, 0) is 44.9 Å². The minimum Gasteiger partial charge on any atom is -0.756 e. The molecule has 0 rings (SSSR count). The number of aliphatic hydroxyl groups excluding tert-OH is 1. The van der Waals surface area contributed by atoms with Gasteiger partial charge in [-0.25, -0.2) is 0 Å². The minimum atomic E-state index is -4.61. The van der Waals surface area contributed by atoms with Crippen molar-refractivity contribution in [1.82, 2.24) is 5.32 Å². The van der Waals surface area contributed by atoms with E-state index in [9.17, 15) is 19.4 Å². The topological polar surface area (TPSA) is 108 Å². The number of hydrogen-bond donors (Lipinski definition) is 2. The van der Waals surface area contributed by atoms with Crippen molar-refractivity contribution in [2.24, 2.45) is 0 Å². The molecule has 0 aliphatic heterocycles. The molecule has 1 amide bonds. The van der Waals surface area contributed by atoms with Crippen LogP contribution in [0.5, 0.6) is 0 Å². The second-order valence-corrected chi connectivity index (χ2v) is 26.3. The molecule has 3 unspecified atom stereocenters. The molecule has 0 saturated heterocycles. The van der Waals surface area contributed by atoms with E-state index in [1.54, 1.807) is 6.08 Å². The van der Waals surface area contributed by atoms with Gasteiger partial charge in [0.25, 0.3) is 7.82 Å². The smallest absolute Gasteiger partial charge is 0.268 e. The predicted molar refractivity (Wildman–Crippen MR) is 339 cm³/mol. The van der Waals surface area contributed by atoms with E-state index in [0.29, 0.717) is 17.4 Å². The molecule has 8 nitrogen and oxygen atoms in total. The molecular weight excluding hydrogens is 984 g/mol. The van der Waals surface area contributed by atoms with E-state index in [4.69, 9.17) is 9.05 Å². The summed E-state index contributed by atoms with van der Waals surface area (Å²) in [5, 5.41) is 13.9. The van der Waals surface area contributed by atoms with Gasteiger partial charge in [0.2, 0.25) is 5.91 Å². The van der Waals surface area contributed by atoms with Crippen molar-refractivity contribution in [3.8, 4) is 0 Å². The monoisotopic (exact) mass is 1120 g/mol. The molecule has 9 heteroatoms. The van der Waals surface area contributed by atoms with Gasteiger partial charge in [0.1, 0.15) is 13.2 Å².